The van der Waals surface area contributed by atoms with Crippen LogP contribution in [0.4, 0.5) is 0 Å². The lowest BCUT2D eigenvalue weighted by atomic mass is 9.99. The molecule has 0 aliphatic heterocycles. The molecule has 0 saturated carbocycles. The summed E-state index contributed by atoms with van der Waals surface area (Å²) in [6, 6.07) is 48.2. The fourth-order valence-corrected chi connectivity index (χ4v) is 4.66. The molecular formula is C34H23BrN2. The third-order valence-electron chi connectivity index (χ3n) is 6.40. The monoisotopic (exact) mass is 538 g/mol. The Bertz CT molecular complexity index is 1630. The van der Waals surface area contributed by atoms with Gasteiger partial charge in [0.05, 0.1) is 11.4 Å². The maximum atomic E-state index is 4.94. The maximum absolute atomic E-state index is 4.94. The second-order valence-corrected chi connectivity index (χ2v) is 9.77. The molecule has 0 atom stereocenters. The van der Waals surface area contributed by atoms with Gasteiger partial charge in [-0.2, -0.15) is 0 Å². The molecule has 0 N–H and O–H groups in total. The summed E-state index contributed by atoms with van der Waals surface area (Å²) < 4.78 is 1.04. The highest BCUT2D eigenvalue weighted by Gasteiger charge is 2.11. The van der Waals surface area contributed by atoms with Gasteiger partial charge >= 0.3 is 0 Å². The molecule has 0 bridgehead atoms. The average Bonchev–Trinajstić information content (AvgIpc) is 2.98. The Morgan fingerprint density at radius 2 is 0.703 bits per heavy atom. The molecule has 5 aromatic carbocycles. The molecule has 0 radical (unpaired) electrons. The van der Waals surface area contributed by atoms with E-state index in [-0.39, 0.29) is 0 Å². The minimum absolute atomic E-state index is 0.719. The summed E-state index contributed by atoms with van der Waals surface area (Å²) in [4.78, 5) is 9.85. The molecule has 1 heterocycles. The zero-order valence-electron chi connectivity index (χ0n) is 20.1. The molecule has 37 heavy (non-hydrogen) atoms. The molecular weight excluding hydrogens is 516 g/mol. The minimum atomic E-state index is 0.719. The van der Waals surface area contributed by atoms with Crippen LogP contribution in [0.15, 0.2) is 144 Å². The molecule has 0 spiro atoms. The van der Waals surface area contributed by atoms with Gasteiger partial charge in [-0.3, -0.25) is 0 Å². The van der Waals surface area contributed by atoms with E-state index in [0.29, 0.717) is 0 Å². The van der Waals surface area contributed by atoms with Gasteiger partial charge in [-0.15, -0.1) is 0 Å². The van der Waals surface area contributed by atoms with Gasteiger partial charge in [-0.1, -0.05) is 137 Å². The molecule has 2 nitrogen and oxygen atoms in total. The molecule has 0 aliphatic carbocycles. The molecule has 0 unspecified atom stereocenters. The van der Waals surface area contributed by atoms with Crippen LogP contribution in [-0.4, -0.2) is 9.97 Å². The smallest absolute Gasteiger partial charge is 0.160 e. The molecule has 6 rings (SSSR count). The van der Waals surface area contributed by atoms with E-state index in [1.807, 2.05) is 48.5 Å². The van der Waals surface area contributed by atoms with Crippen molar-refractivity contribution in [2.45, 2.75) is 0 Å². The van der Waals surface area contributed by atoms with E-state index in [4.69, 9.17) is 9.97 Å². The number of rotatable bonds is 5. The van der Waals surface area contributed by atoms with Gasteiger partial charge < -0.3 is 0 Å². The van der Waals surface area contributed by atoms with Crippen molar-refractivity contribution in [2.24, 2.45) is 0 Å². The third kappa shape index (κ3) is 5.13. The van der Waals surface area contributed by atoms with Crippen molar-refractivity contribution in [3.63, 3.8) is 0 Å². The van der Waals surface area contributed by atoms with Crippen LogP contribution >= 0.6 is 15.9 Å². The van der Waals surface area contributed by atoms with E-state index in [1.54, 1.807) is 0 Å². The van der Waals surface area contributed by atoms with Crippen LogP contribution in [0.1, 0.15) is 0 Å². The third-order valence-corrected chi connectivity index (χ3v) is 6.93. The van der Waals surface area contributed by atoms with Crippen LogP contribution < -0.4 is 0 Å². The Balaban J connectivity index is 1.35. The number of hydrogen-bond acceptors (Lipinski definition) is 2. The van der Waals surface area contributed by atoms with Crippen LogP contribution in [0.3, 0.4) is 0 Å². The van der Waals surface area contributed by atoms with Gasteiger partial charge in [0.25, 0.3) is 0 Å². The lowest BCUT2D eigenvalue weighted by Crippen LogP contribution is -1.95. The lowest BCUT2D eigenvalue weighted by molar-refractivity contribution is 1.18. The molecule has 6 aromatic rings. The van der Waals surface area contributed by atoms with Gasteiger partial charge in [0.2, 0.25) is 0 Å². The van der Waals surface area contributed by atoms with E-state index < -0.39 is 0 Å². The lowest BCUT2D eigenvalue weighted by Gasteiger charge is -2.10. The number of hydrogen-bond donors (Lipinski definition) is 0. The van der Waals surface area contributed by atoms with Gasteiger partial charge in [0, 0.05) is 21.2 Å². The second-order valence-electron chi connectivity index (χ2n) is 8.86. The van der Waals surface area contributed by atoms with Crippen molar-refractivity contribution in [3.05, 3.63) is 144 Å². The summed E-state index contributed by atoms with van der Waals surface area (Å²) in [7, 11) is 0. The van der Waals surface area contributed by atoms with Crippen LogP contribution in [0.25, 0.3) is 56.2 Å². The summed E-state index contributed by atoms with van der Waals surface area (Å²) in [6.45, 7) is 0. The zero-order chi connectivity index (χ0) is 25.0. The van der Waals surface area contributed by atoms with E-state index in [2.05, 4.69) is 107 Å². The fourth-order valence-electron chi connectivity index (χ4n) is 4.40. The Labute approximate surface area is 225 Å². The highest BCUT2D eigenvalue weighted by Crippen LogP contribution is 2.30. The summed E-state index contributed by atoms with van der Waals surface area (Å²) in [5.41, 5.74) is 9.72. The number of halogens is 1. The maximum Gasteiger partial charge on any atom is 0.160 e. The van der Waals surface area contributed by atoms with Crippen molar-refractivity contribution in [1.29, 1.82) is 0 Å². The highest BCUT2D eigenvalue weighted by molar-refractivity contribution is 9.10. The molecule has 0 saturated heterocycles. The van der Waals surface area contributed by atoms with Crippen LogP contribution in [0.2, 0.25) is 0 Å². The number of aromatic nitrogens is 2. The van der Waals surface area contributed by atoms with E-state index in [1.165, 1.54) is 22.3 Å². The molecule has 176 valence electrons. The summed E-state index contributed by atoms with van der Waals surface area (Å²) in [6.07, 6.45) is 0. The van der Waals surface area contributed by atoms with Crippen LogP contribution in [-0.2, 0) is 0 Å². The molecule has 1 aromatic heterocycles. The first-order valence-electron chi connectivity index (χ1n) is 12.2. The SMILES string of the molecule is Brc1ccc(-c2cc(-c3ccc(-c4ccc(-c5ccccc5)cc4)cc3)nc(-c3ccccc3)n2)cc1. The van der Waals surface area contributed by atoms with Crippen molar-refractivity contribution >= 4 is 15.9 Å². The van der Waals surface area contributed by atoms with Crippen LogP contribution in [0.5, 0.6) is 0 Å². The van der Waals surface area contributed by atoms with Crippen molar-refractivity contribution in [1.82, 2.24) is 9.97 Å². The Morgan fingerprint density at radius 1 is 0.351 bits per heavy atom. The first-order valence-corrected chi connectivity index (χ1v) is 13.0. The van der Waals surface area contributed by atoms with E-state index in [9.17, 15) is 0 Å². The Kier molecular flexibility index (Phi) is 6.45. The standard InChI is InChI=1S/C34H23BrN2/c35-31-21-19-29(20-22-31)33-23-32(36-34(37-33)30-9-5-2-6-10-30)28-17-15-27(16-18-28)26-13-11-25(12-14-26)24-7-3-1-4-8-24/h1-23H. The predicted molar refractivity (Wildman–Crippen MR) is 157 cm³/mol. The van der Waals surface area contributed by atoms with Gasteiger partial charge in [-0.05, 0) is 40.5 Å². The van der Waals surface area contributed by atoms with E-state index >= 15 is 0 Å². The zero-order valence-corrected chi connectivity index (χ0v) is 21.6. The van der Waals surface area contributed by atoms with Gasteiger partial charge in [0.1, 0.15) is 0 Å². The fraction of sp³-hybridized carbons (Fsp3) is 0. The quantitative estimate of drug-likeness (QED) is 0.218. The largest absolute Gasteiger partial charge is 0.228 e. The summed E-state index contributed by atoms with van der Waals surface area (Å²) in [5, 5.41) is 0. The van der Waals surface area contributed by atoms with Crippen molar-refractivity contribution in [2.75, 3.05) is 0 Å². The Morgan fingerprint density at radius 3 is 1.16 bits per heavy atom. The van der Waals surface area contributed by atoms with Crippen LogP contribution in [0, 0.1) is 0 Å². The predicted octanol–water partition coefficient (Wildman–Crippen LogP) is 9.57. The molecule has 0 fully saturated rings. The topological polar surface area (TPSA) is 25.8 Å². The average molecular weight is 539 g/mol. The normalized spacial score (nSPS) is 10.8. The van der Waals surface area contributed by atoms with Gasteiger partial charge in [-0.25, -0.2) is 9.97 Å². The molecule has 3 heteroatoms. The number of nitrogens with zero attached hydrogens (tertiary/aromatic N) is 2. The number of benzene rings is 5. The van der Waals surface area contributed by atoms with Crippen molar-refractivity contribution < 1.29 is 0 Å². The second kappa shape index (κ2) is 10.3. The van der Waals surface area contributed by atoms with Gasteiger partial charge in [0.15, 0.2) is 5.82 Å². The molecule has 0 aliphatic rings. The highest BCUT2D eigenvalue weighted by atomic mass is 79.9. The molecule has 0 amide bonds. The van der Waals surface area contributed by atoms with Crippen molar-refractivity contribution in [3.8, 4) is 56.2 Å². The first kappa shape index (κ1) is 23.1. The summed E-state index contributed by atoms with van der Waals surface area (Å²) >= 11 is 3.53. The summed E-state index contributed by atoms with van der Waals surface area (Å²) in [5.74, 6) is 0.719. The Hall–Kier alpha value is -4.34. The minimum Gasteiger partial charge on any atom is -0.228 e. The van der Waals surface area contributed by atoms with E-state index in [0.717, 1.165) is 38.4 Å². The first-order chi connectivity index (χ1) is 18.2.